The Hall–Kier alpha value is -3.98. The Morgan fingerprint density at radius 1 is 1.12 bits per heavy atom. The number of fused-ring (bicyclic) bond motifs is 1. The molecule has 2 N–H and O–H groups in total. The molecule has 0 bridgehead atoms. The molecule has 3 aliphatic rings. The van der Waals surface area contributed by atoms with Crippen LogP contribution in [0.15, 0.2) is 77.3 Å². The third kappa shape index (κ3) is 5.33. The van der Waals surface area contributed by atoms with Gasteiger partial charge >= 0.3 is 5.97 Å². The summed E-state index contributed by atoms with van der Waals surface area (Å²) in [4.78, 5) is 32.8. The summed E-state index contributed by atoms with van der Waals surface area (Å²) in [6, 6.07) is 15.5. The highest BCUT2D eigenvalue weighted by Crippen LogP contribution is 2.48. The molecule has 1 saturated heterocycles. The molecule has 2 aliphatic heterocycles. The molecular formula is C33H39F2N3O4. The van der Waals surface area contributed by atoms with E-state index in [9.17, 15) is 18.4 Å². The number of hydrogen-bond acceptors (Lipinski definition) is 6. The van der Waals surface area contributed by atoms with E-state index in [0.29, 0.717) is 36.2 Å². The number of ketones is 1. The van der Waals surface area contributed by atoms with Crippen LogP contribution in [-0.4, -0.2) is 60.4 Å². The van der Waals surface area contributed by atoms with Crippen LogP contribution in [0.5, 0.6) is 5.75 Å². The number of nitrogens with zero attached hydrogens (tertiary/aromatic N) is 1. The van der Waals surface area contributed by atoms with Crippen LogP contribution in [0.1, 0.15) is 58.9 Å². The monoisotopic (exact) mass is 579 g/mol. The van der Waals surface area contributed by atoms with Gasteiger partial charge in [0.15, 0.2) is 5.78 Å². The number of dihydropyridines is 1. The van der Waals surface area contributed by atoms with E-state index in [1.807, 2.05) is 61.7 Å². The van der Waals surface area contributed by atoms with Crippen molar-refractivity contribution in [3.05, 3.63) is 88.4 Å². The summed E-state index contributed by atoms with van der Waals surface area (Å²) in [7, 11) is 1.63. The number of allylic oxidation sites excluding steroid dienone is 3. The molecule has 1 fully saturated rings. The molecule has 1 aliphatic carbocycles. The minimum absolute atomic E-state index is 0. The highest BCUT2D eigenvalue weighted by Gasteiger charge is 2.43. The van der Waals surface area contributed by atoms with Gasteiger partial charge in [0.2, 0.25) is 0 Å². The van der Waals surface area contributed by atoms with Gasteiger partial charge in [0, 0.05) is 75.2 Å². The van der Waals surface area contributed by atoms with Crippen molar-refractivity contribution in [3.8, 4) is 5.75 Å². The third-order valence-corrected chi connectivity index (χ3v) is 8.57. The number of Topliss-reactive ketones (excluding diaryl/α,β-unsaturated/α-hetero) is 1. The first kappa shape index (κ1) is 28.2. The maximum Gasteiger partial charge on any atom is 0.337 e. The van der Waals surface area contributed by atoms with Gasteiger partial charge in [-0.25, -0.2) is 13.6 Å². The van der Waals surface area contributed by atoms with Crippen LogP contribution in [0.2, 0.25) is 0 Å². The first-order valence-corrected chi connectivity index (χ1v) is 14.4. The number of halogens is 2. The lowest BCUT2D eigenvalue weighted by atomic mass is 9.71. The van der Waals surface area contributed by atoms with Crippen LogP contribution < -0.4 is 10.1 Å². The van der Waals surface area contributed by atoms with Gasteiger partial charge in [-0.2, -0.15) is 0 Å². The molecule has 0 saturated carbocycles. The molecule has 6 rings (SSSR count). The fourth-order valence-electron chi connectivity index (χ4n) is 6.85. The van der Waals surface area contributed by atoms with Crippen molar-refractivity contribution in [1.82, 2.24) is 15.2 Å². The molecule has 224 valence electrons. The third-order valence-electron chi connectivity index (χ3n) is 8.57. The number of H-pyrrole nitrogens is 1. The molecule has 3 aromatic rings. The number of likely N-dealkylation sites (tertiary alicyclic amines) is 1. The standard InChI is InChI=1S/C33H35F2N3O4.2H2/c1-19-29(32(40)42-21-12-14-38(17-21)18-33(2,34)35)30(24-8-6-9-25-23(24)11-13-36-25)31-26(37-19)15-20(16-27(31)39)22-7-4-5-10-28(22)41-3;;/h4-11,13,20-21,30,36-37H,12,14-18H2,1-3H3;2*1H/t20-,21+,30?;;/m1../s1. The molecule has 0 radical (unpaired) electrons. The zero-order valence-electron chi connectivity index (χ0n) is 24.0. The van der Waals surface area contributed by atoms with E-state index < -0.39 is 23.9 Å². The second kappa shape index (κ2) is 11.0. The van der Waals surface area contributed by atoms with E-state index in [4.69, 9.17) is 9.47 Å². The fraction of sp³-hybridized carbons (Fsp3) is 0.394. The highest BCUT2D eigenvalue weighted by atomic mass is 19.3. The normalized spacial score (nSPS) is 23.3. The highest BCUT2D eigenvalue weighted by molar-refractivity contribution is 6.05. The van der Waals surface area contributed by atoms with Crippen molar-refractivity contribution >= 4 is 22.7 Å². The average molecular weight is 580 g/mol. The van der Waals surface area contributed by atoms with Gasteiger partial charge in [-0.05, 0) is 49.1 Å². The number of rotatable bonds is 7. The Morgan fingerprint density at radius 2 is 1.90 bits per heavy atom. The predicted molar refractivity (Wildman–Crippen MR) is 160 cm³/mol. The van der Waals surface area contributed by atoms with Gasteiger partial charge in [-0.1, -0.05) is 30.3 Å². The number of alkyl halides is 2. The van der Waals surface area contributed by atoms with Crippen molar-refractivity contribution in [2.75, 3.05) is 26.7 Å². The molecule has 1 aromatic heterocycles. The van der Waals surface area contributed by atoms with Crippen LogP contribution in [0.4, 0.5) is 8.78 Å². The van der Waals surface area contributed by atoms with E-state index in [-0.39, 0.29) is 34.1 Å². The van der Waals surface area contributed by atoms with Crippen molar-refractivity contribution < 1.29 is 30.7 Å². The molecular weight excluding hydrogens is 540 g/mol. The first-order valence-electron chi connectivity index (χ1n) is 14.4. The van der Waals surface area contributed by atoms with Crippen LogP contribution in [0.3, 0.4) is 0 Å². The number of benzene rings is 2. The number of methoxy groups -OCH3 is 1. The van der Waals surface area contributed by atoms with E-state index >= 15 is 0 Å². The molecule has 0 spiro atoms. The number of hydrogen-bond donors (Lipinski definition) is 2. The maximum atomic E-state index is 14.1. The predicted octanol–water partition coefficient (Wildman–Crippen LogP) is 6.30. The van der Waals surface area contributed by atoms with Crippen LogP contribution in [0, 0.1) is 0 Å². The second-order valence-electron chi connectivity index (χ2n) is 11.7. The van der Waals surface area contributed by atoms with Crippen LogP contribution in [-0.2, 0) is 14.3 Å². The zero-order valence-corrected chi connectivity index (χ0v) is 24.0. The molecule has 0 amide bonds. The number of ether oxygens (including phenoxy) is 2. The number of nitrogens with one attached hydrogen (secondary N) is 2. The lowest BCUT2D eigenvalue weighted by Crippen LogP contribution is -2.37. The average Bonchev–Trinajstić information content (AvgIpc) is 3.60. The van der Waals surface area contributed by atoms with Crippen molar-refractivity contribution in [2.45, 2.75) is 57.0 Å². The Labute approximate surface area is 246 Å². The number of para-hydroxylation sites is 1. The summed E-state index contributed by atoms with van der Waals surface area (Å²) in [6.07, 6.45) is 2.69. The van der Waals surface area contributed by atoms with Crippen LogP contribution >= 0.6 is 0 Å². The Bertz CT molecular complexity index is 1610. The fourth-order valence-corrected chi connectivity index (χ4v) is 6.85. The van der Waals surface area contributed by atoms with E-state index in [1.165, 1.54) is 0 Å². The Morgan fingerprint density at radius 3 is 2.69 bits per heavy atom. The van der Waals surface area contributed by atoms with Crippen molar-refractivity contribution in [1.29, 1.82) is 0 Å². The van der Waals surface area contributed by atoms with Gasteiger partial charge in [0.25, 0.3) is 5.92 Å². The summed E-state index contributed by atoms with van der Waals surface area (Å²) in [5.41, 5.74) is 5.10. The van der Waals surface area contributed by atoms with Crippen molar-refractivity contribution in [2.24, 2.45) is 0 Å². The van der Waals surface area contributed by atoms with Gasteiger partial charge in [0.1, 0.15) is 11.9 Å². The summed E-state index contributed by atoms with van der Waals surface area (Å²) >= 11 is 0. The summed E-state index contributed by atoms with van der Waals surface area (Å²) in [5, 5.41) is 4.33. The lowest BCUT2D eigenvalue weighted by Gasteiger charge is -2.37. The SMILES string of the molecule is COc1ccccc1[C@H]1CC(=O)C2=C(C1)NC(C)=C(C(=O)O[C@H]1CCN(CC(C)(F)F)C1)C2c1cccc2[nH]ccc12.[HH].[HH]. The molecule has 1 unspecified atom stereocenters. The molecule has 42 heavy (non-hydrogen) atoms. The summed E-state index contributed by atoms with van der Waals surface area (Å²) in [5.74, 6) is -3.35. The van der Waals surface area contributed by atoms with E-state index in [1.54, 1.807) is 12.0 Å². The quantitative estimate of drug-likeness (QED) is 0.320. The van der Waals surface area contributed by atoms with Gasteiger partial charge in [-0.3, -0.25) is 9.69 Å². The topological polar surface area (TPSA) is 83.7 Å². The zero-order chi connectivity index (χ0) is 29.6. The van der Waals surface area contributed by atoms with Crippen molar-refractivity contribution in [3.63, 3.8) is 0 Å². The first-order chi connectivity index (χ1) is 20.1. The van der Waals surface area contributed by atoms with Gasteiger partial charge in [-0.15, -0.1) is 0 Å². The maximum absolute atomic E-state index is 14.1. The number of carbonyl (C=O) groups is 2. The smallest absolute Gasteiger partial charge is 0.337 e. The lowest BCUT2D eigenvalue weighted by molar-refractivity contribution is -0.144. The Balaban J connectivity index is 0.00000221. The minimum atomic E-state index is -2.82. The Kier molecular flexibility index (Phi) is 7.39. The molecule has 7 nitrogen and oxygen atoms in total. The summed E-state index contributed by atoms with van der Waals surface area (Å²) in [6.45, 7) is 3.04. The van der Waals surface area contributed by atoms with Crippen LogP contribution in [0.25, 0.3) is 10.9 Å². The largest absolute Gasteiger partial charge is 0.496 e. The van der Waals surface area contributed by atoms with E-state index in [2.05, 4.69) is 10.3 Å². The van der Waals surface area contributed by atoms with Gasteiger partial charge in [0.05, 0.1) is 19.2 Å². The molecule has 9 heteroatoms. The number of aromatic nitrogens is 1. The van der Waals surface area contributed by atoms with Gasteiger partial charge < -0.3 is 19.8 Å². The minimum Gasteiger partial charge on any atom is -0.496 e. The molecule has 2 aromatic carbocycles. The summed E-state index contributed by atoms with van der Waals surface area (Å²) < 4.78 is 38.8. The number of aromatic amines is 1. The van der Waals surface area contributed by atoms with E-state index in [0.717, 1.165) is 40.4 Å². The number of carbonyl (C=O) groups excluding carboxylic acids is 2. The molecule has 3 atom stereocenters. The second-order valence-corrected chi connectivity index (χ2v) is 11.7. The number of esters is 1. The molecule has 3 heterocycles.